The van der Waals surface area contributed by atoms with Crippen molar-refractivity contribution in [2.45, 2.75) is 19.3 Å². The quantitative estimate of drug-likeness (QED) is 0.439. The van der Waals surface area contributed by atoms with Gasteiger partial charge in [-0.15, -0.1) is 0 Å². The molecule has 28 heavy (non-hydrogen) atoms. The molecule has 0 aromatic carbocycles. The number of guanidine groups is 1. The average molecular weight is 389 g/mol. The van der Waals surface area contributed by atoms with E-state index in [0.717, 1.165) is 63.8 Å². The third-order valence-electron chi connectivity index (χ3n) is 5.24. The number of amides is 1. The first-order valence-corrected chi connectivity index (χ1v) is 10.2. The molecule has 3 rings (SSSR count). The number of piperazine rings is 1. The maximum Gasteiger partial charge on any atom is 0.236 e. The molecule has 154 valence electrons. The minimum Gasteiger partial charge on any atom is -0.490 e. The summed E-state index contributed by atoms with van der Waals surface area (Å²) in [6.45, 7) is 7.13. The van der Waals surface area contributed by atoms with E-state index in [1.165, 1.54) is 6.42 Å². The van der Waals surface area contributed by atoms with Gasteiger partial charge in [0.15, 0.2) is 5.96 Å². The van der Waals surface area contributed by atoms with Gasteiger partial charge in [-0.2, -0.15) is 0 Å². The van der Waals surface area contributed by atoms with Crippen molar-refractivity contribution < 1.29 is 9.53 Å². The molecule has 0 aliphatic carbocycles. The molecule has 2 aliphatic rings. The smallest absolute Gasteiger partial charge is 0.236 e. The van der Waals surface area contributed by atoms with Crippen LogP contribution in [-0.4, -0.2) is 97.6 Å². The number of carbonyl (C=O) groups is 1. The van der Waals surface area contributed by atoms with Crippen LogP contribution in [0, 0.1) is 0 Å². The molecular weight excluding hydrogens is 356 g/mol. The summed E-state index contributed by atoms with van der Waals surface area (Å²) in [6.07, 6.45) is 6.98. The van der Waals surface area contributed by atoms with E-state index in [-0.39, 0.29) is 5.91 Å². The zero-order valence-corrected chi connectivity index (χ0v) is 16.8. The predicted molar refractivity (Wildman–Crippen MR) is 110 cm³/mol. The first-order chi connectivity index (χ1) is 13.8. The highest BCUT2D eigenvalue weighted by molar-refractivity contribution is 5.80. The molecule has 2 saturated heterocycles. The maximum absolute atomic E-state index is 12.4. The number of piperidine rings is 1. The van der Waals surface area contributed by atoms with Crippen LogP contribution >= 0.6 is 0 Å². The summed E-state index contributed by atoms with van der Waals surface area (Å²) in [7, 11) is 1.80. The van der Waals surface area contributed by atoms with E-state index in [2.05, 4.69) is 25.1 Å². The standard InChI is InChI=1S/C20H32N6O2/c1-21-20(23-8-15-28-18-6-5-7-22-16-18)26-13-11-24(12-14-26)17-19(27)25-9-3-2-4-10-25/h5-7,16H,2-4,8-15,17H2,1H3,(H,21,23). The molecule has 0 saturated carbocycles. The number of carbonyl (C=O) groups excluding carboxylic acids is 1. The fourth-order valence-electron chi connectivity index (χ4n) is 3.65. The minimum atomic E-state index is 0.281. The van der Waals surface area contributed by atoms with Crippen LogP contribution in [0.1, 0.15) is 19.3 Å². The van der Waals surface area contributed by atoms with Crippen LogP contribution in [0.5, 0.6) is 5.75 Å². The first kappa shape index (κ1) is 20.4. The second-order valence-corrected chi connectivity index (χ2v) is 7.22. The summed E-state index contributed by atoms with van der Waals surface area (Å²) in [5, 5.41) is 3.35. The zero-order valence-electron chi connectivity index (χ0n) is 16.8. The minimum absolute atomic E-state index is 0.281. The van der Waals surface area contributed by atoms with E-state index in [1.807, 2.05) is 17.0 Å². The highest BCUT2D eigenvalue weighted by Crippen LogP contribution is 2.10. The monoisotopic (exact) mass is 388 g/mol. The van der Waals surface area contributed by atoms with Gasteiger partial charge in [0.2, 0.25) is 5.91 Å². The number of ether oxygens (including phenoxy) is 1. The van der Waals surface area contributed by atoms with Crippen LogP contribution in [0.4, 0.5) is 0 Å². The van der Waals surface area contributed by atoms with Crippen molar-refractivity contribution >= 4 is 11.9 Å². The van der Waals surface area contributed by atoms with Gasteiger partial charge in [0, 0.05) is 52.5 Å². The maximum atomic E-state index is 12.4. The predicted octanol–water partition coefficient (Wildman–Crippen LogP) is 0.666. The van der Waals surface area contributed by atoms with Crippen molar-refractivity contribution in [3.63, 3.8) is 0 Å². The Bertz CT molecular complexity index is 625. The number of hydrogen-bond donors (Lipinski definition) is 1. The van der Waals surface area contributed by atoms with Crippen molar-refractivity contribution in [1.29, 1.82) is 0 Å². The molecule has 3 heterocycles. The van der Waals surface area contributed by atoms with Gasteiger partial charge in [-0.3, -0.25) is 19.7 Å². The van der Waals surface area contributed by atoms with Crippen LogP contribution in [0.3, 0.4) is 0 Å². The lowest BCUT2D eigenvalue weighted by Gasteiger charge is -2.37. The molecule has 2 aliphatic heterocycles. The Kier molecular flexibility index (Phi) is 7.90. The number of pyridine rings is 1. The molecule has 8 nitrogen and oxygen atoms in total. The van der Waals surface area contributed by atoms with Crippen LogP contribution in [-0.2, 0) is 4.79 Å². The van der Waals surface area contributed by atoms with Crippen LogP contribution in [0.15, 0.2) is 29.5 Å². The van der Waals surface area contributed by atoms with Gasteiger partial charge >= 0.3 is 0 Å². The van der Waals surface area contributed by atoms with Gasteiger partial charge < -0.3 is 19.9 Å². The number of aliphatic imine (C=N–C) groups is 1. The lowest BCUT2D eigenvalue weighted by Crippen LogP contribution is -2.54. The molecule has 0 spiro atoms. The highest BCUT2D eigenvalue weighted by Gasteiger charge is 2.23. The number of likely N-dealkylation sites (tertiary alicyclic amines) is 1. The first-order valence-electron chi connectivity index (χ1n) is 10.2. The molecule has 8 heteroatoms. The molecule has 0 atom stereocenters. The third-order valence-corrected chi connectivity index (χ3v) is 5.24. The van der Waals surface area contributed by atoms with Gasteiger partial charge in [-0.1, -0.05) is 0 Å². The van der Waals surface area contributed by atoms with Crippen molar-refractivity contribution in [3.05, 3.63) is 24.5 Å². The van der Waals surface area contributed by atoms with Crippen molar-refractivity contribution in [2.24, 2.45) is 4.99 Å². The second kappa shape index (κ2) is 10.8. The molecule has 1 amide bonds. The largest absolute Gasteiger partial charge is 0.490 e. The van der Waals surface area contributed by atoms with Crippen molar-refractivity contribution in [2.75, 3.05) is 66.0 Å². The molecular formula is C20H32N6O2. The van der Waals surface area contributed by atoms with Gasteiger partial charge in [-0.25, -0.2) is 0 Å². The lowest BCUT2D eigenvalue weighted by molar-refractivity contribution is -0.133. The number of nitrogens with zero attached hydrogens (tertiary/aromatic N) is 5. The number of aromatic nitrogens is 1. The fourth-order valence-corrected chi connectivity index (χ4v) is 3.65. The van der Waals surface area contributed by atoms with Crippen LogP contribution in [0.25, 0.3) is 0 Å². The normalized spacial score (nSPS) is 18.8. The Morgan fingerprint density at radius 2 is 1.93 bits per heavy atom. The summed E-state index contributed by atoms with van der Waals surface area (Å²) < 4.78 is 5.66. The van der Waals surface area contributed by atoms with E-state index in [4.69, 9.17) is 4.74 Å². The Morgan fingerprint density at radius 3 is 2.61 bits per heavy atom. The third kappa shape index (κ3) is 6.09. The Labute approximate surface area is 167 Å². The Hall–Kier alpha value is -2.35. The van der Waals surface area contributed by atoms with E-state index < -0.39 is 0 Å². The molecule has 2 fully saturated rings. The van der Waals surface area contributed by atoms with Gasteiger partial charge in [0.05, 0.1) is 19.3 Å². The average Bonchev–Trinajstić information content (AvgIpc) is 2.76. The number of nitrogens with one attached hydrogen (secondary N) is 1. The number of rotatable bonds is 6. The highest BCUT2D eigenvalue weighted by atomic mass is 16.5. The van der Waals surface area contributed by atoms with E-state index in [1.54, 1.807) is 19.4 Å². The topological polar surface area (TPSA) is 73.3 Å². The second-order valence-electron chi connectivity index (χ2n) is 7.22. The van der Waals surface area contributed by atoms with E-state index in [9.17, 15) is 4.79 Å². The Morgan fingerprint density at radius 1 is 1.14 bits per heavy atom. The number of hydrogen-bond acceptors (Lipinski definition) is 5. The summed E-state index contributed by atoms with van der Waals surface area (Å²) in [6, 6.07) is 3.75. The summed E-state index contributed by atoms with van der Waals surface area (Å²) in [5.74, 6) is 1.94. The van der Waals surface area contributed by atoms with Crippen molar-refractivity contribution in [3.8, 4) is 5.75 Å². The van der Waals surface area contributed by atoms with Crippen LogP contribution in [0.2, 0.25) is 0 Å². The SMILES string of the molecule is CN=C(NCCOc1cccnc1)N1CCN(CC(=O)N2CCCCC2)CC1. The van der Waals surface area contributed by atoms with Crippen LogP contribution < -0.4 is 10.1 Å². The van der Waals surface area contributed by atoms with Gasteiger partial charge in [0.1, 0.15) is 12.4 Å². The Balaban J connectivity index is 1.35. The zero-order chi connectivity index (χ0) is 19.6. The molecule has 1 aromatic rings. The lowest BCUT2D eigenvalue weighted by atomic mass is 10.1. The van der Waals surface area contributed by atoms with Gasteiger partial charge in [0.25, 0.3) is 0 Å². The summed E-state index contributed by atoms with van der Waals surface area (Å²) >= 11 is 0. The van der Waals surface area contributed by atoms with Gasteiger partial charge in [-0.05, 0) is 31.4 Å². The van der Waals surface area contributed by atoms with Crippen molar-refractivity contribution in [1.82, 2.24) is 25.0 Å². The van der Waals surface area contributed by atoms with E-state index in [0.29, 0.717) is 19.7 Å². The molecule has 1 N–H and O–H groups in total. The fraction of sp³-hybridized carbons (Fsp3) is 0.650. The summed E-state index contributed by atoms with van der Waals surface area (Å²) in [5.41, 5.74) is 0. The molecule has 0 unspecified atom stereocenters. The summed E-state index contributed by atoms with van der Waals surface area (Å²) in [4.78, 5) is 27.4. The van der Waals surface area contributed by atoms with E-state index >= 15 is 0 Å². The molecule has 0 radical (unpaired) electrons. The molecule has 0 bridgehead atoms. The molecule has 1 aromatic heterocycles.